The minimum Gasteiger partial charge on any atom is -0.493 e. The number of amides is 1. The third-order valence-corrected chi connectivity index (χ3v) is 6.07. The number of carbonyl (C=O) groups excluding carboxylic acids is 1. The molecule has 0 saturated carbocycles. The lowest BCUT2D eigenvalue weighted by Gasteiger charge is -2.14. The lowest BCUT2D eigenvalue weighted by atomic mass is 10.1. The standard InChI is InChI=1S/C20H21NO5S/c1-3-6-14-9-10-17(18(11-14)25-2)26-12-20(22)21-16-13-27(23,24)19-8-5-4-7-15(16)19/h3-11,16H,12-13H2,1-2H3,(H,21,22)/b6-3+. The quantitative estimate of drug-likeness (QED) is 0.824. The average Bonchev–Trinajstić information content (AvgIpc) is 2.91. The molecule has 2 aromatic carbocycles. The first-order chi connectivity index (χ1) is 12.9. The molecule has 3 rings (SSSR count). The first-order valence-corrected chi connectivity index (χ1v) is 10.1. The maximum atomic E-state index is 12.3. The number of allylic oxidation sites excluding steroid dienone is 1. The Bertz CT molecular complexity index is 982. The molecule has 0 spiro atoms. The summed E-state index contributed by atoms with van der Waals surface area (Å²) in [7, 11) is -1.84. The van der Waals surface area contributed by atoms with Gasteiger partial charge in [0.05, 0.1) is 23.8 Å². The van der Waals surface area contributed by atoms with Crippen LogP contribution in [0.25, 0.3) is 6.08 Å². The van der Waals surface area contributed by atoms with E-state index < -0.39 is 21.8 Å². The third kappa shape index (κ3) is 4.14. The van der Waals surface area contributed by atoms with E-state index in [1.807, 2.05) is 31.2 Å². The van der Waals surface area contributed by atoms with Crippen molar-refractivity contribution >= 4 is 21.8 Å². The Kier molecular flexibility index (Phi) is 5.51. The first kappa shape index (κ1) is 19.0. The number of benzene rings is 2. The van der Waals surface area contributed by atoms with Crippen molar-refractivity contribution in [3.63, 3.8) is 0 Å². The minimum absolute atomic E-state index is 0.139. The number of methoxy groups -OCH3 is 1. The molecule has 0 aliphatic carbocycles. The lowest BCUT2D eigenvalue weighted by Crippen LogP contribution is -2.33. The minimum atomic E-state index is -3.37. The van der Waals surface area contributed by atoms with E-state index in [9.17, 15) is 13.2 Å². The molecule has 1 aliphatic rings. The van der Waals surface area contributed by atoms with Crippen molar-refractivity contribution in [3.05, 3.63) is 59.7 Å². The van der Waals surface area contributed by atoms with Crippen LogP contribution in [0.2, 0.25) is 0 Å². The van der Waals surface area contributed by atoms with Crippen molar-refractivity contribution in [1.82, 2.24) is 5.32 Å². The number of sulfone groups is 1. The molecule has 0 fully saturated rings. The summed E-state index contributed by atoms with van der Waals surface area (Å²) in [6.07, 6.45) is 3.84. The second-order valence-electron chi connectivity index (χ2n) is 6.14. The van der Waals surface area contributed by atoms with E-state index in [1.54, 1.807) is 30.3 Å². The van der Waals surface area contributed by atoms with Crippen molar-refractivity contribution in [1.29, 1.82) is 0 Å². The highest BCUT2D eigenvalue weighted by Crippen LogP contribution is 2.33. The second-order valence-corrected chi connectivity index (χ2v) is 8.14. The van der Waals surface area contributed by atoms with Crippen molar-refractivity contribution < 1.29 is 22.7 Å². The van der Waals surface area contributed by atoms with Crippen LogP contribution in [0, 0.1) is 0 Å². The zero-order valence-electron chi connectivity index (χ0n) is 15.1. The lowest BCUT2D eigenvalue weighted by molar-refractivity contribution is -0.123. The van der Waals surface area contributed by atoms with E-state index in [2.05, 4.69) is 5.32 Å². The van der Waals surface area contributed by atoms with Gasteiger partial charge in [0.25, 0.3) is 5.91 Å². The summed E-state index contributed by atoms with van der Waals surface area (Å²) in [6, 6.07) is 11.5. The van der Waals surface area contributed by atoms with Gasteiger partial charge in [0.15, 0.2) is 27.9 Å². The molecule has 2 aromatic rings. The van der Waals surface area contributed by atoms with Crippen LogP contribution in [0.4, 0.5) is 0 Å². The van der Waals surface area contributed by atoms with Crippen LogP contribution in [0.3, 0.4) is 0 Å². The zero-order chi connectivity index (χ0) is 19.4. The smallest absolute Gasteiger partial charge is 0.258 e. The first-order valence-electron chi connectivity index (χ1n) is 8.49. The van der Waals surface area contributed by atoms with Crippen LogP contribution in [0.15, 0.2) is 53.4 Å². The topological polar surface area (TPSA) is 81.7 Å². The highest BCUT2D eigenvalue weighted by atomic mass is 32.2. The molecule has 142 valence electrons. The summed E-state index contributed by atoms with van der Waals surface area (Å²) in [6.45, 7) is 1.68. The molecule has 1 N–H and O–H groups in total. The Morgan fingerprint density at radius 2 is 2.00 bits per heavy atom. The molecule has 6 nitrogen and oxygen atoms in total. The van der Waals surface area contributed by atoms with Gasteiger partial charge in [0, 0.05) is 0 Å². The SMILES string of the molecule is C/C=C/c1ccc(OCC(=O)NC2CS(=O)(=O)c3ccccc32)c(OC)c1. The number of ether oxygens (including phenoxy) is 2. The van der Waals surface area contributed by atoms with Gasteiger partial charge in [-0.1, -0.05) is 36.4 Å². The summed E-state index contributed by atoms with van der Waals surface area (Å²) in [5, 5.41) is 2.74. The third-order valence-electron chi connectivity index (χ3n) is 4.26. The van der Waals surface area contributed by atoms with Crippen molar-refractivity contribution in [2.45, 2.75) is 17.9 Å². The molecule has 1 aliphatic heterocycles. The van der Waals surface area contributed by atoms with Crippen LogP contribution >= 0.6 is 0 Å². The summed E-state index contributed by atoms with van der Waals surface area (Å²) < 4.78 is 35.2. The predicted octanol–water partition coefficient (Wildman–Crippen LogP) is 2.75. The van der Waals surface area contributed by atoms with Crippen LogP contribution in [0.1, 0.15) is 24.1 Å². The molecular weight excluding hydrogens is 366 g/mol. The van der Waals surface area contributed by atoms with E-state index in [4.69, 9.17) is 9.47 Å². The van der Waals surface area contributed by atoms with E-state index in [0.29, 0.717) is 17.1 Å². The number of fused-ring (bicyclic) bond motifs is 1. The number of rotatable bonds is 6. The van der Waals surface area contributed by atoms with Crippen molar-refractivity contribution in [2.24, 2.45) is 0 Å². The van der Waals surface area contributed by atoms with Gasteiger partial charge in [0.2, 0.25) is 0 Å². The van der Waals surface area contributed by atoms with Gasteiger partial charge in [-0.05, 0) is 36.2 Å². The van der Waals surface area contributed by atoms with Crippen molar-refractivity contribution in [3.8, 4) is 11.5 Å². The van der Waals surface area contributed by atoms with Crippen LogP contribution in [-0.2, 0) is 14.6 Å². The maximum absolute atomic E-state index is 12.3. The Labute approximate surface area is 158 Å². The largest absolute Gasteiger partial charge is 0.493 e. The number of nitrogens with one attached hydrogen (secondary N) is 1. The molecule has 1 unspecified atom stereocenters. The Morgan fingerprint density at radius 3 is 2.74 bits per heavy atom. The molecule has 0 aromatic heterocycles. The molecule has 27 heavy (non-hydrogen) atoms. The van der Waals surface area contributed by atoms with Gasteiger partial charge >= 0.3 is 0 Å². The number of hydrogen-bond acceptors (Lipinski definition) is 5. The zero-order valence-corrected chi connectivity index (χ0v) is 16.0. The van der Waals surface area contributed by atoms with Crippen LogP contribution < -0.4 is 14.8 Å². The predicted molar refractivity (Wildman–Crippen MR) is 103 cm³/mol. The van der Waals surface area contributed by atoms with E-state index >= 15 is 0 Å². The van der Waals surface area contributed by atoms with Gasteiger partial charge in [-0.2, -0.15) is 0 Å². The summed E-state index contributed by atoms with van der Waals surface area (Å²) in [5.74, 6) is 0.429. The fourth-order valence-electron chi connectivity index (χ4n) is 3.05. The molecular formula is C20H21NO5S. The monoisotopic (exact) mass is 387 g/mol. The Hall–Kier alpha value is -2.80. The second kappa shape index (κ2) is 7.84. The van der Waals surface area contributed by atoms with Gasteiger partial charge < -0.3 is 14.8 Å². The average molecular weight is 387 g/mol. The van der Waals surface area contributed by atoms with Gasteiger partial charge in [-0.3, -0.25) is 4.79 Å². The summed E-state index contributed by atoms with van der Waals surface area (Å²) >= 11 is 0. The van der Waals surface area contributed by atoms with E-state index in [0.717, 1.165) is 5.56 Å². The summed E-state index contributed by atoms with van der Waals surface area (Å²) in [5.41, 5.74) is 1.57. The molecule has 1 amide bonds. The highest BCUT2D eigenvalue weighted by Gasteiger charge is 2.35. The molecule has 0 saturated heterocycles. The summed E-state index contributed by atoms with van der Waals surface area (Å²) in [4.78, 5) is 12.6. The molecule has 0 bridgehead atoms. The van der Waals surface area contributed by atoms with Gasteiger partial charge in [-0.15, -0.1) is 0 Å². The molecule has 1 atom stereocenters. The van der Waals surface area contributed by atoms with Gasteiger partial charge in [-0.25, -0.2) is 8.42 Å². The fourth-order valence-corrected chi connectivity index (χ4v) is 4.79. The fraction of sp³-hybridized carbons (Fsp3) is 0.250. The van der Waals surface area contributed by atoms with E-state index in [-0.39, 0.29) is 17.3 Å². The number of carbonyl (C=O) groups is 1. The molecule has 7 heteroatoms. The number of hydrogen-bond donors (Lipinski definition) is 1. The van der Waals surface area contributed by atoms with Crippen LogP contribution in [0.5, 0.6) is 11.5 Å². The van der Waals surface area contributed by atoms with Gasteiger partial charge in [0.1, 0.15) is 0 Å². The highest BCUT2D eigenvalue weighted by molar-refractivity contribution is 7.91. The Balaban J connectivity index is 1.66. The Morgan fingerprint density at radius 1 is 1.22 bits per heavy atom. The van der Waals surface area contributed by atoms with Crippen LogP contribution in [-0.4, -0.2) is 33.8 Å². The normalized spacial score (nSPS) is 17.5. The molecule has 1 heterocycles. The maximum Gasteiger partial charge on any atom is 0.258 e. The van der Waals surface area contributed by atoms with E-state index in [1.165, 1.54) is 7.11 Å². The van der Waals surface area contributed by atoms with Crippen molar-refractivity contribution in [2.75, 3.05) is 19.5 Å². The molecule has 0 radical (unpaired) electrons.